The quantitative estimate of drug-likeness (QED) is 0.0760. The maximum absolute atomic E-state index is 15.2. The molecule has 90 heavy (non-hydrogen) atoms. The Morgan fingerprint density at radius 1 is 0.378 bits per heavy atom. The van der Waals surface area contributed by atoms with Gasteiger partial charge in [0.1, 0.15) is 48.9 Å². The molecule has 0 saturated carbocycles. The Hall–Kier alpha value is -8.16. The van der Waals surface area contributed by atoms with Gasteiger partial charge in [0.05, 0.1) is 24.5 Å². The molecule has 0 spiro atoms. The van der Waals surface area contributed by atoms with Crippen LogP contribution in [-0.4, -0.2) is 170 Å². The minimum Gasteiger partial charge on any atom is -0.490 e. The highest BCUT2D eigenvalue weighted by Crippen LogP contribution is 2.34. The molecular weight excluding hydrogens is 1150 g/mol. The van der Waals surface area contributed by atoms with E-state index in [0.29, 0.717) is 50.5 Å². The fourth-order valence-electron chi connectivity index (χ4n) is 11.7. The van der Waals surface area contributed by atoms with E-state index < -0.39 is 96.1 Å². The molecule has 4 aromatic carbocycles. The zero-order valence-electron chi connectivity index (χ0n) is 55.0. The summed E-state index contributed by atoms with van der Waals surface area (Å²) in [5.41, 5.74) is 5.14. The second kappa shape index (κ2) is 31.5. The number of likely N-dealkylation sites (N-methyl/N-ethyl adjacent to an activating group) is 4. The molecule has 488 valence electrons. The first-order valence-corrected chi connectivity index (χ1v) is 31.7. The third-order valence-electron chi connectivity index (χ3n) is 16.8. The topological polar surface area (TPSA) is 211 Å². The van der Waals surface area contributed by atoms with E-state index in [2.05, 4.69) is 9.80 Å². The first-order chi connectivity index (χ1) is 42.7. The van der Waals surface area contributed by atoms with Crippen LogP contribution in [0.15, 0.2) is 97.1 Å². The van der Waals surface area contributed by atoms with Gasteiger partial charge in [0.25, 0.3) is 23.6 Å². The number of hydrogen-bond donors (Lipinski definition) is 0. The fraction of sp³-hybridized carbons (Fsp3) is 0.543. The van der Waals surface area contributed by atoms with Crippen LogP contribution in [0.25, 0.3) is 0 Å². The average Bonchev–Trinajstić information content (AvgIpc) is 1.19. The number of rotatable bonds is 16. The Labute approximate surface area is 531 Å². The number of benzene rings is 4. The van der Waals surface area contributed by atoms with Crippen molar-refractivity contribution in [1.29, 1.82) is 0 Å². The highest BCUT2D eigenvalue weighted by molar-refractivity contribution is 5.94. The third kappa shape index (κ3) is 18.0. The van der Waals surface area contributed by atoms with Crippen LogP contribution in [-0.2, 0) is 83.2 Å². The third-order valence-corrected chi connectivity index (χ3v) is 16.8. The van der Waals surface area contributed by atoms with Gasteiger partial charge in [-0.2, -0.15) is 0 Å². The highest BCUT2D eigenvalue weighted by atomic mass is 16.6. The van der Waals surface area contributed by atoms with Gasteiger partial charge in [0.15, 0.2) is 24.4 Å². The maximum atomic E-state index is 15.2. The standard InChI is InChI=1S/C70H94N6O14/c1-43(2)35-55-67(81)87-47(9)63(77)71(11)58(38-46(7)8)70(84)90-62(40-50-25-29-52(30-26-50)42-76-32-34-86-60-22-18-16-20-54(60)76)66(80)74(14)56(36-44(3)4)68(82)88-48(10)64(78)72(12)57(37-45(5)6)69(83)89-61(65(79)73(55)13)39-49-23-27-51(28-24-49)41-75-31-33-85-59-21-17-15-19-53(59)75/h15-30,43-48,55-58,61-62H,31-42H2,1-14H3/t47-,48-,55+,56+,57+,58+,61-,62-/m1/s1. The minimum atomic E-state index is -1.54. The van der Waals surface area contributed by atoms with E-state index in [1.165, 1.54) is 51.8 Å². The Morgan fingerprint density at radius 2 is 0.656 bits per heavy atom. The lowest BCUT2D eigenvalue weighted by Gasteiger charge is -2.35. The van der Waals surface area contributed by atoms with Gasteiger partial charge in [0.2, 0.25) is 0 Å². The summed E-state index contributed by atoms with van der Waals surface area (Å²) in [7, 11) is 5.62. The Kier molecular flexibility index (Phi) is 24.3. The molecule has 0 aliphatic carbocycles. The number of amides is 4. The van der Waals surface area contributed by atoms with Crippen molar-refractivity contribution >= 4 is 58.9 Å². The van der Waals surface area contributed by atoms with Crippen molar-refractivity contribution in [2.45, 2.75) is 169 Å². The summed E-state index contributed by atoms with van der Waals surface area (Å²) in [6, 6.07) is 25.6. The Balaban J connectivity index is 1.23. The van der Waals surface area contributed by atoms with E-state index in [1.807, 2.05) is 152 Å². The molecule has 3 aliphatic heterocycles. The number of fused-ring (bicyclic) bond motifs is 2. The summed E-state index contributed by atoms with van der Waals surface area (Å²) in [6.45, 7) is 21.2. The van der Waals surface area contributed by atoms with Gasteiger partial charge < -0.3 is 57.8 Å². The number of carbonyl (C=O) groups is 8. The van der Waals surface area contributed by atoms with Gasteiger partial charge in [0, 0.05) is 54.1 Å². The maximum Gasteiger partial charge on any atom is 0.329 e. The number of hydrogen-bond acceptors (Lipinski definition) is 16. The number of ether oxygens (including phenoxy) is 6. The van der Waals surface area contributed by atoms with E-state index >= 15 is 9.59 Å². The molecule has 3 aliphatic rings. The van der Waals surface area contributed by atoms with Gasteiger partial charge >= 0.3 is 23.9 Å². The predicted octanol–water partition coefficient (Wildman–Crippen LogP) is 8.46. The van der Waals surface area contributed by atoms with Gasteiger partial charge in [-0.05, 0) is 110 Å². The van der Waals surface area contributed by atoms with Gasteiger partial charge in [-0.1, -0.05) is 128 Å². The summed E-state index contributed by atoms with van der Waals surface area (Å²) in [5, 5.41) is 0. The van der Waals surface area contributed by atoms with Crippen LogP contribution in [0.4, 0.5) is 11.4 Å². The minimum absolute atomic E-state index is 0.0804. The van der Waals surface area contributed by atoms with Crippen molar-refractivity contribution in [1.82, 2.24) is 19.6 Å². The zero-order chi connectivity index (χ0) is 65.7. The van der Waals surface area contributed by atoms with Gasteiger partial charge in [-0.3, -0.25) is 19.2 Å². The van der Waals surface area contributed by atoms with Crippen molar-refractivity contribution < 1.29 is 66.8 Å². The summed E-state index contributed by atoms with van der Waals surface area (Å²) in [5.74, 6) is -5.84. The average molecular weight is 1240 g/mol. The van der Waals surface area contributed by atoms with E-state index in [-0.39, 0.29) is 62.2 Å². The Bertz CT molecular complexity index is 2910. The van der Waals surface area contributed by atoms with E-state index in [4.69, 9.17) is 28.4 Å². The molecule has 1 saturated heterocycles. The van der Waals surface area contributed by atoms with Crippen LogP contribution in [0.3, 0.4) is 0 Å². The second-order valence-corrected chi connectivity index (χ2v) is 25.9. The van der Waals surface area contributed by atoms with Crippen molar-refractivity contribution in [2.24, 2.45) is 23.7 Å². The normalized spacial score (nSPS) is 23.3. The number of carbonyl (C=O) groups excluding carboxylic acids is 8. The molecular formula is C70H94N6O14. The number of anilines is 2. The number of para-hydroxylation sites is 4. The summed E-state index contributed by atoms with van der Waals surface area (Å²) in [4.78, 5) is 128. The van der Waals surface area contributed by atoms with Crippen LogP contribution < -0.4 is 19.3 Å². The summed E-state index contributed by atoms with van der Waals surface area (Å²) >= 11 is 0. The Morgan fingerprint density at radius 3 is 0.967 bits per heavy atom. The molecule has 4 amide bonds. The van der Waals surface area contributed by atoms with Gasteiger partial charge in [-0.15, -0.1) is 0 Å². The fourth-order valence-corrected chi connectivity index (χ4v) is 11.7. The second-order valence-electron chi connectivity index (χ2n) is 25.9. The predicted molar refractivity (Wildman–Crippen MR) is 341 cm³/mol. The van der Waals surface area contributed by atoms with E-state index in [9.17, 15) is 28.8 Å². The van der Waals surface area contributed by atoms with E-state index in [0.717, 1.165) is 43.8 Å². The van der Waals surface area contributed by atoms with Crippen LogP contribution in [0, 0.1) is 23.7 Å². The lowest BCUT2D eigenvalue weighted by molar-refractivity contribution is -0.176. The molecule has 0 unspecified atom stereocenters. The number of nitrogens with zero attached hydrogens (tertiary/aromatic N) is 6. The lowest BCUT2D eigenvalue weighted by atomic mass is 9.99. The van der Waals surface area contributed by atoms with E-state index in [1.54, 1.807) is 0 Å². The molecule has 0 bridgehead atoms. The SMILES string of the molecule is CC(C)C[C@H]1C(=O)O[C@H](Cc2ccc(CN3CCOc4ccccc43)cc2)C(=O)N(C)[C@@H](CC(C)C)C(=O)O[C@H](C)C(=O)N(C)[C@@H](CC(C)C)C(=O)O[C@H](Cc2ccc(CN3CCOc4ccccc43)cc2)C(=O)N(C)[C@@H](CC(C)C)C(=O)O[C@H](C)C(=O)N1C. The lowest BCUT2D eigenvalue weighted by Crippen LogP contribution is -2.55. The molecule has 20 nitrogen and oxygen atoms in total. The first kappa shape index (κ1) is 69.3. The molecule has 8 atom stereocenters. The van der Waals surface area contributed by atoms with Crippen LogP contribution >= 0.6 is 0 Å². The summed E-state index contributed by atoms with van der Waals surface area (Å²) < 4.78 is 36.2. The summed E-state index contributed by atoms with van der Waals surface area (Å²) in [6.07, 6.45) is -6.00. The smallest absolute Gasteiger partial charge is 0.329 e. The molecule has 3 heterocycles. The number of cyclic esters (lactones) is 4. The van der Waals surface area contributed by atoms with Crippen molar-refractivity contribution in [3.05, 3.63) is 119 Å². The van der Waals surface area contributed by atoms with Crippen molar-refractivity contribution in [2.75, 3.05) is 64.3 Å². The first-order valence-electron chi connectivity index (χ1n) is 31.7. The molecule has 1 fully saturated rings. The molecule has 7 rings (SSSR count). The molecule has 0 N–H and O–H groups in total. The molecule has 0 aromatic heterocycles. The van der Waals surface area contributed by atoms with Crippen LogP contribution in [0.5, 0.6) is 11.5 Å². The number of esters is 4. The zero-order valence-corrected chi connectivity index (χ0v) is 55.0. The van der Waals surface area contributed by atoms with Crippen LogP contribution in [0.1, 0.15) is 117 Å². The van der Waals surface area contributed by atoms with Gasteiger partial charge in [-0.25, -0.2) is 19.2 Å². The molecule has 4 aromatic rings. The molecule has 20 heteroatoms. The highest BCUT2D eigenvalue weighted by Gasteiger charge is 2.43. The monoisotopic (exact) mass is 1240 g/mol. The van der Waals surface area contributed by atoms with Crippen molar-refractivity contribution in [3.63, 3.8) is 0 Å². The van der Waals surface area contributed by atoms with Crippen molar-refractivity contribution in [3.8, 4) is 11.5 Å². The van der Waals surface area contributed by atoms with Crippen LogP contribution in [0.2, 0.25) is 0 Å². The largest absolute Gasteiger partial charge is 0.490 e. The molecule has 0 radical (unpaired) electrons.